The number of pyridine rings is 1. The van der Waals surface area contributed by atoms with Crippen LogP contribution in [-0.2, 0) is 0 Å². The van der Waals surface area contributed by atoms with E-state index >= 15 is 0 Å². The van der Waals surface area contributed by atoms with Gasteiger partial charge in [0.25, 0.3) is 0 Å². The van der Waals surface area contributed by atoms with Crippen molar-refractivity contribution in [3.8, 4) is 0 Å². The minimum absolute atomic E-state index is 0.200. The van der Waals surface area contributed by atoms with E-state index in [9.17, 15) is 4.79 Å². The normalized spacial score (nSPS) is 10.1. The zero-order valence-electron chi connectivity index (χ0n) is 9.16. The standard InChI is InChI=1S/C11H15BrN2O2/c1-2-3-4-5-13-10-9(11(15)16)6-8(12)7-14-10/h6-7H,2-5H2,1H3,(H,13,14)(H,15,16). The zero-order valence-corrected chi connectivity index (χ0v) is 10.7. The lowest BCUT2D eigenvalue weighted by Gasteiger charge is -2.08. The average Bonchev–Trinajstić information content (AvgIpc) is 2.26. The van der Waals surface area contributed by atoms with Crippen LogP contribution in [0.5, 0.6) is 0 Å². The second-order valence-electron chi connectivity index (χ2n) is 3.49. The van der Waals surface area contributed by atoms with Crippen molar-refractivity contribution in [3.05, 3.63) is 22.3 Å². The Morgan fingerprint density at radius 3 is 2.94 bits per heavy atom. The first-order chi connectivity index (χ1) is 7.65. The molecule has 0 aromatic carbocycles. The molecule has 2 N–H and O–H groups in total. The number of hydrogen-bond acceptors (Lipinski definition) is 3. The van der Waals surface area contributed by atoms with Crippen molar-refractivity contribution in [3.63, 3.8) is 0 Å². The second-order valence-corrected chi connectivity index (χ2v) is 4.40. The lowest BCUT2D eigenvalue weighted by Crippen LogP contribution is -2.09. The molecule has 0 saturated heterocycles. The summed E-state index contributed by atoms with van der Waals surface area (Å²) in [5, 5.41) is 12.0. The fourth-order valence-corrected chi connectivity index (χ4v) is 1.66. The highest BCUT2D eigenvalue weighted by Crippen LogP contribution is 2.18. The minimum Gasteiger partial charge on any atom is -0.478 e. The van der Waals surface area contributed by atoms with E-state index in [1.54, 1.807) is 12.3 Å². The van der Waals surface area contributed by atoms with Crippen molar-refractivity contribution in [1.29, 1.82) is 0 Å². The van der Waals surface area contributed by atoms with Crippen LogP contribution in [0.2, 0.25) is 0 Å². The summed E-state index contributed by atoms with van der Waals surface area (Å²) in [6.45, 7) is 2.88. The van der Waals surface area contributed by atoms with Crippen LogP contribution in [0.3, 0.4) is 0 Å². The minimum atomic E-state index is -0.966. The third-order valence-electron chi connectivity index (χ3n) is 2.16. The highest BCUT2D eigenvalue weighted by molar-refractivity contribution is 9.10. The monoisotopic (exact) mass is 286 g/mol. The summed E-state index contributed by atoms with van der Waals surface area (Å²) >= 11 is 3.20. The van der Waals surface area contributed by atoms with Gasteiger partial charge in [0.15, 0.2) is 0 Å². The number of hydrogen-bond donors (Lipinski definition) is 2. The third kappa shape index (κ3) is 3.81. The van der Waals surface area contributed by atoms with E-state index in [0.717, 1.165) is 25.8 Å². The highest BCUT2D eigenvalue weighted by Gasteiger charge is 2.11. The van der Waals surface area contributed by atoms with Crippen molar-refractivity contribution in [2.75, 3.05) is 11.9 Å². The Morgan fingerprint density at radius 1 is 1.56 bits per heavy atom. The van der Waals surface area contributed by atoms with Crippen LogP contribution < -0.4 is 5.32 Å². The molecule has 5 heteroatoms. The van der Waals surface area contributed by atoms with Gasteiger partial charge in [-0.2, -0.15) is 0 Å². The SMILES string of the molecule is CCCCCNc1ncc(Br)cc1C(=O)O. The molecule has 0 aliphatic carbocycles. The van der Waals surface area contributed by atoms with Gasteiger partial charge in [-0.3, -0.25) is 0 Å². The van der Waals surface area contributed by atoms with Gasteiger partial charge < -0.3 is 10.4 Å². The van der Waals surface area contributed by atoms with Crippen LogP contribution in [0.4, 0.5) is 5.82 Å². The molecule has 0 aliphatic heterocycles. The molecule has 1 aromatic heterocycles. The smallest absolute Gasteiger partial charge is 0.339 e. The molecular weight excluding hydrogens is 272 g/mol. The van der Waals surface area contributed by atoms with Gasteiger partial charge in [0.05, 0.1) is 0 Å². The molecule has 0 aliphatic rings. The van der Waals surface area contributed by atoms with Gasteiger partial charge in [0.1, 0.15) is 11.4 Å². The van der Waals surface area contributed by atoms with Gasteiger partial charge in [0.2, 0.25) is 0 Å². The molecule has 1 aromatic rings. The molecule has 0 radical (unpaired) electrons. The summed E-state index contributed by atoms with van der Waals surface area (Å²) in [6.07, 6.45) is 4.88. The van der Waals surface area contributed by atoms with Crippen LogP contribution in [0, 0.1) is 0 Å². The Bertz CT molecular complexity index is 369. The first-order valence-electron chi connectivity index (χ1n) is 5.28. The highest BCUT2D eigenvalue weighted by atomic mass is 79.9. The van der Waals surface area contributed by atoms with E-state index < -0.39 is 5.97 Å². The summed E-state index contributed by atoms with van der Waals surface area (Å²) in [7, 11) is 0. The number of nitrogens with one attached hydrogen (secondary N) is 1. The number of carboxylic acid groups (broad SMARTS) is 1. The predicted octanol–water partition coefficient (Wildman–Crippen LogP) is 3.14. The summed E-state index contributed by atoms with van der Waals surface area (Å²) in [6, 6.07) is 1.55. The quantitative estimate of drug-likeness (QED) is 0.789. The van der Waals surface area contributed by atoms with E-state index in [2.05, 4.69) is 33.2 Å². The maximum Gasteiger partial charge on any atom is 0.339 e. The first-order valence-corrected chi connectivity index (χ1v) is 6.07. The van der Waals surface area contributed by atoms with Crippen molar-refractivity contribution >= 4 is 27.7 Å². The van der Waals surface area contributed by atoms with Crippen LogP contribution in [0.1, 0.15) is 36.5 Å². The first kappa shape index (κ1) is 13.0. The Balaban J connectivity index is 2.67. The van der Waals surface area contributed by atoms with Crippen molar-refractivity contribution < 1.29 is 9.90 Å². The maximum absolute atomic E-state index is 11.0. The molecule has 88 valence electrons. The molecule has 0 atom stereocenters. The van der Waals surface area contributed by atoms with Crippen LogP contribution in [-0.4, -0.2) is 22.6 Å². The van der Waals surface area contributed by atoms with Crippen LogP contribution in [0.15, 0.2) is 16.7 Å². The van der Waals surface area contributed by atoms with Crippen molar-refractivity contribution in [2.24, 2.45) is 0 Å². The zero-order chi connectivity index (χ0) is 12.0. The lowest BCUT2D eigenvalue weighted by atomic mass is 10.2. The van der Waals surface area contributed by atoms with E-state index in [4.69, 9.17) is 5.11 Å². The van der Waals surface area contributed by atoms with Gasteiger partial charge in [-0.25, -0.2) is 9.78 Å². The van der Waals surface area contributed by atoms with Gasteiger partial charge in [0, 0.05) is 17.2 Å². The van der Waals surface area contributed by atoms with E-state index in [1.807, 2.05) is 0 Å². The Morgan fingerprint density at radius 2 is 2.31 bits per heavy atom. The number of anilines is 1. The molecule has 0 spiro atoms. The van der Waals surface area contributed by atoms with Crippen molar-refractivity contribution in [1.82, 2.24) is 4.98 Å². The molecular formula is C11H15BrN2O2. The molecule has 1 heterocycles. The summed E-state index contributed by atoms with van der Waals surface area (Å²) in [5.41, 5.74) is 0.200. The van der Waals surface area contributed by atoms with E-state index in [1.165, 1.54) is 0 Å². The van der Waals surface area contributed by atoms with Gasteiger partial charge >= 0.3 is 5.97 Å². The van der Waals surface area contributed by atoms with Gasteiger partial charge in [-0.1, -0.05) is 19.8 Å². The molecule has 0 saturated carbocycles. The topological polar surface area (TPSA) is 62.2 Å². The van der Waals surface area contributed by atoms with Gasteiger partial charge in [-0.05, 0) is 28.4 Å². The van der Waals surface area contributed by atoms with E-state index in [-0.39, 0.29) is 5.56 Å². The van der Waals surface area contributed by atoms with E-state index in [0.29, 0.717) is 10.3 Å². The van der Waals surface area contributed by atoms with Crippen molar-refractivity contribution in [2.45, 2.75) is 26.2 Å². The number of carbonyl (C=O) groups is 1. The summed E-state index contributed by atoms with van der Waals surface area (Å²) in [4.78, 5) is 15.0. The number of rotatable bonds is 6. The number of aromatic nitrogens is 1. The molecule has 1 rings (SSSR count). The molecule has 0 unspecified atom stereocenters. The lowest BCUT2D eigenvalue weighted by molar-refractivity contribution is 0.0697. The molecule has 0 bridgehead atoms. The Kier molecular flexibility index (Phi) is 5.25. The maximum atomic E-state index is 11.0. The number of nitrogens with zero attached hydrogens (tertiary/aromatic N) is 1. The predicted molar refractivity (Wildman–Crippen MR) is 66.9 cm³/mol. The summed E-state index contributed by atoms with van der Waals surface area (Å²) < 4.78 is 0.670. The van der Waals surface area contributed by atoms with Gasteiger partial charge in [-0.15, -0.1) is 0 Å². The molecule has 4 nitrogen and oxygen atoms in total. The number of aromatic carboxylic acids is 1. The Labute approximate surface area is 103 Å². The number of unbranched alkanes of at least 4 members (excludes halogenated alkanes) is 2. The molecule has 16 heavy (non-hydrogen) atoms. The Hall–Kier alpha value is -1.10. The third-order valence-corrected chi connectivity index (χ3v) is 2.59. The van der Waals surface area contributed by atoms with Crippen LogP contribution >= 0.6 is 15.9 Å². The number of halogens is 1. The fraction of sp³-hybridized carbons (Fsp3) is 0.455. The number of carboxylic acids is 1. The second kappa shape index (κ2) is 6.48. The van der Waals surface area contributed by atoms with Crippen LogP contribution in [0.25, 0.3) is 0 Å². The molecule has 0 amide bonds. The largest absolute Gasteiger partial charge is 0.478 e. The fourth-order valence-electron chi connectivity index (χ4n) is 1.32. The molecule has 0 fully saturated rings. The summed E-state index contributed by atoms with van der Waals surface area (Å²) in [5.74, 6) is -0.529. The average molecular weight is 287 g/mol.